The molecule has 0 aliphatic carbocycles. The highest BCUT2D eigenvalue weighted by Crippen LogP contribution is 2.31. The van der Waals surface area contributed by atoms with Gasteiger partial charge in [-0.2, -0.15) is 0 Å². The fourth-order valence-electron chi connectivity index (χ4n) is 2.84. The van der Waals surface area contributed by atoms with Gasteiger partial charge < -0.3 is 5.32 Å². The summed E-state index contributed by atoms with van der Waals surface area (Å²) in [6.45, 7) is 3.29. The zero-order valence-corrected chi connectivity index (χ0v) is 14.1. The third kappa shape index (κ3) is 3.58. The molecule has 3 rings (SSSR count). The molecule has 0 saturated carbocycles. The van der Waals surface area contributed by atoms with Gasteiger partial charge in [0, 0.05) is 11.9 Å². The summed E-state index contributed by atoms with van der Waals surface area (Å²) in [5.41, 5.74) is 1.13. The van der Waals surface area contributed by atoms with Crippen molar-refractivity contribution in [2.75, 3.05) is 11.9 Å². The summed E-state index contributed by atoms with van der Waals surface area (Å²) in [6, 6.07) is 12.9. The lowest BCUT2D eigenvalue weighted by Gasteiger charge is -2.02. The summed E-state index contributed by atoms with van der Waals surface area (Å²) in [7, 11) is 0. The van der Waals surface area contributed by atoms with E-state index in [1.54, 1.807) is 11.3 Å². The Balaban J connectivity index is 1.59. The van der Waals surface area contributed by atoms with E-state index in [4.69, 9.17) is 4.98 Å². The van der Waals surface area contributed by atoms with E-state index in [1.807, 2.05) is 0 Å². The highest BCUT2D eigenvalue weighted by molar-refractivity contribution is 7.22. The number of benzene rings is 2. The van der Waals surface area contributed by atoms with Crippen molar-refractivity contribution in [3.8, 4) is 0 Å². The molecule has 0 spiro atoms. The standard InChI is InChI=1S/C19H24N2S/c1-2-3-4-5-6-9-14-20-19-21-18-16-11-8-7-10-15(16)12-13-17(18)22-19/h7-8,10-13H,2-6,9,14H2,1H3,(H,20,21). The minimum absolute atomic E-state index is 1.03. The summed E-state index contributed by atoms with van der Waals surface area (Å²) in [5, 5.41) is 7.07. The molecule has 0 fully saturated rings. The zero-order chi connectivity index (χ0) is 15.2. The number of unbranched alkanes of at least 4 members (excludes halogenated alkanes) is 5. The number of rotatable bonds is 8. The average Bonchev–Trinajstić information content (AvgIpc) is 2.97. The first-order chi connectivity index (χ1) is 10.9. The lowest BCUT2D eigenvalue weighted by atomic mass is 10.1. The van der Waals surface area contributed by atoms with Gasteiger partial charge in [0.25, 0.3) is 0 Å². The van der Waals surface area contributed by atoms with Gasteiger partial charge in [-0.3, -0.25) is 0 Å². The van der Waals surface area contributed by atoms with Crippen molar-refractivity contribution in [1.29, 1.82) is 0 Å². The SMILES string of the molecule is CCCCCCCCNc1nc2c(ccc3ccccc32)s1. The molecule has 116 valence electrons. The fourth-order valence-corrected chi connectivity index (χ4v) is 3.75. The van der Waals surface area contributed by atoms with Crippen molar-refractivity contribution in [2.24, 2.45) is 0 Å². The average molecular weight is 312 g/mol. The van der Waals surface area contributed by atoms with Gasteiger partial charge in [-0.05, 0) is 17.9 Å². The second-order valence-corrected chi connectivity index (χ2v) is 6.88. The number of aromatic nitrogens is 1. The van der Waals surface area contributed by atoms with Gasteiger partial charge in [-0.1, -0.05) is 80.7 Å². The van der Waals surface area contributed by atoms with Crippen LogP contribution in [0.1, 0.15) is 45.4 Å². The number of nitrogens with one attached hydrogen (secondary N) is 1. The van der Waals surface area contributed by atoms with E-state index in [1.165, 1.54) is 54.0 Å². The second kappa shape index (κ2) is 7.59. The molecule has 0 aliphatic rings. The molecule has 3 aromatic rings. The van der Waals surface area contributed by atoms with Crippen LogP contribution in [0, 0.1) is 0 Å². The molecule has 1 aromatic heterocycles. The van der Waals surface area contributed by atoms with Crippen LogP contribution in [-0.2, 0) is 0 Å². The normalized spacial score (nSPS) is 11.3. The predicted octanol–water partition coefficient (Wildman–Crippen LogP) is 6.22. The van der Waals surface area contributed by atoms with E-state index >= 15 is 0 Å². The Morgan fingerprint density at radius 3 is 2.68 bits per heavy atom. The van der Waals surface area contributed by atoms with Crippen LogP contribution in [-0.4, -0.2) is 11.5 Å². The van der Waals surface area contributed by atoms with Crippen LogP contribution in [0.5, 0.6) is 0 Å². The van der Waals surface area contributed by atoms with Crippen molar-refractivity contribution >= 4 is 37.5 Å². The Morgan fingerprint density at radius 2 is 1.77 bits per heavy atom. The van der Waals surface area contributed by atoms with E-state index in [0.29, 0.717) is 0 Å². The molecular formula is C19H24N2S. The van der Waals surface area contributed by atoms with E-state index in [9.17, 15) is 0 Å². The minimum atomic E-state index is 1.03. The summed E-state index contributed by atoms with van der Waals surface area (Å²) < 4.78 is 1.27. The van der Waals surface area contributed by atoms with Crippen LogP contribution < -0.4 is 5.32 Å². The molecule has 0 aliphatic heterocycles. The first-order valence-electron chi connectivity index (χ1n) is 8.40. The maximum atomic E-state index is 4.80. The zero-order valence-electron chi connectivity index (χ0n) is 13.3. The van der Waals surface area contributed by atoms with Crippen LogP contribution in [0.25, 0.3) is 21.0 Å². The molecule has 2 nitrogen and oxygen atoms in total. The molecule has 0 radical (unpaired) electrons. The molecule has 1 N–H and O–H groups in total. The lowest BCUT2D eigenvalue weighted by Crippen LogP contribution is -2.00. The van der Waals surface area contributed by atoms with E-state index < -0.39 is 0 Å². The van der Waals surface area contributed by atoms with Gasteiger partial charge >= 0.3 is 0 Å². The van der Waals surface area contributed by atoms with Crippen LogP contribution in [0.2, 0.25) is 0 Å². The smallest absolute Gasteiger partial charge is 0.183 e. The fraction of sp³-hybridized carbons (Fsp3) is 0.421. The maximum Gasteiger partial charge on any atom is 0.183 e. The molecule has 2 aromatic carbocycles. The quantitative estimate of drug-likeness (QED) is 0.499. The number of hydrogen-bond donors (Lipinski definition) is 1. The molecule has 0 unspecified atom stereocenters. The molecule has 0 bridgehead atoms. The number of thiazole rings is 1. The van der Waals surface area contributed by atoms with Crippen LogP contribution >= 0.6 is 11.3 Å². The van der Waals surface area contributed by atoms with Crippen molar-refractivity contribution in [2.45, 2.75) is 45.4 Å². The summed E-state index contributed by atoms with van der Waals surface area (Å²) in [5.74, 6) is 0. The molecule has 3 heteroatoms. The third-order valence-corrected chi connectivity index (χ3v) is 5.07. The van der Waals surface area contributed by atoms with Gasteiger partial charge in [0.15, 0.2) is 5.13 Å². The predicted molar refractivity (Wildman–Crippen MR) is 99.0 cm³/mol. The Labute approximate surface area is 136 Å². The Bertz CT molecular complexity index is 732. The molecule has 0 atom stereocenters. The van der Waals surface area contributed by atoms with Gasteiger partial charge in [0.2, 0.25) is 0 Å². The second-order valence-electron chi connectivity index (χ2n) is 5.85. The van der Waals surface area contributed by atoms with Crippen LogP contribution in [0.15, 0.2) is 36.4 Å². The number of nitrogens with zero attached hydrogens (tertiary/aromatic N) is 1. The monoisotopic (exact) mass is 312 g/mol. The van der Waals surface area contributed by atoms with Crippen molar-refractivity contribution in [1.82, 2.24) is 4.98 Å². The Hall–Kier alpha value is -1.61. The highest BCUT2D eigenvalue weighted by Gasteiger charge is 2.06. The van der Waals surface area contributed by atoms with Crippen molar-refractivity contribution in [3.05, 3.63) is 36.4 Å². The topological polar surface area (TPSA) is 24.9 Å². The summed E-state index contributed by atoms with van der Waals surface area (Å²) in [6.07, 6.45) is 7.99. The van der Waals surface area contributed by atoms with Gasteiger partial charge in [-0.15, -0.1) is 0 Å². The van der Waals surface area contributed by atoms with Crippen LogP contribution in [0.3, 0.4) is 0 Å². The first-order valence-corrected chi connectivity index (χ1v) is 9.22. The number of anilines is 1. The number of fused-ring (bicyclic) bond motifs is 3. The third-order valence-electron chi connectivity index (χ3n) is 4.09. The molecule has 0 amide bonds. The summed E-state index contributed by atoms with van der Waals surface area (Å²) in [4.78, 5) is 4.80. The van der Waals surface area contributed by atoms with Gasteiger partial charge in [-0.25, -0.2) is 4.98 Å². The lowest BCUT2D eigenvalue weighted by molar-refractivity contribution is 0.617. The maximum absolute atomic E-state index is 4.80. The van der Waals surface area contributed by atoms with Crippen molar-refractivity contribution < 1.29 is 0 Å². The highest BCUT2D eigenvalue weighted by atomic mass is 32.1. The van der Waals surface area contributed by atoms with Crippen molar-refractivity contribution in [3.63, 3.8) is 0 Å². The Morgan fingerprint density at radius 1 is 0.955 bits per heavy atom. The Kier molecular flexibility index (Phi) is 5.28. The number of hydrogen-bond acceptors (Lipinski definition) is 3. The minimum Gasteiger partial charge on any atom is -0.361 e. The molecule has 1 heterocycles. The summed E-state index contributed by atoms with van der Waals surface area (Å²) >= 11 is 1.76. The van der Waals surface area contributed by atoms with E-state index in [0.717, 1.165) is 17.2 Å². The molecule has 0 saturated heterocycles. The molecule has 22 heavy (non-hydrogen) atoms. The van der Waals surface area contributed by atoms with E-state index in [2.05, 4.69) is 48.6 Å². The first kappa shape index (κ1) is 15.3. The van der Waals surface area contributed by atoms with Gasteiger partial charge in [0.05, 0.1) is 10.2 Å². The molecular weight excluding hydrogens is 288 g/mol. The van der Waals surface area contributed by atoms with E-state index in [-0.39, 0.29) is 0 Å². The largest absolute Gasteiger partial charge is 0.361 e. The van der Waals surface area contributed by atoms with Crippen LogP contribution in [0.4, 0.5) is 5.13 Å². The van der Waals surface area contributed by atoms with Gasteiger partial charge in [0.1, 0.15) is 0 Å².